The van der Waals surface area contributed by atoms with E-state index < -0.39 is 5.91 Å². The van der Waals surface area contributed by atoms with Crippen molar-refractivity contribution in [3.05, 3.63) is 53.2 Å². The minimum atomic E-state index is -0.643. The number of amides is 1. The van der Waals surface area contributed by atoms with E-state index >= 15 is 0 Å². The summed E-state index contributed by atoms with van der Waals surface area (Å²) in [6.45, 7) is 0.918. The first kappa shape index (κ1) is 15.8. The fourth-order valence-electron chi connectivity index (χ4n) is 1.93. The van der Waals surface area contributed by atoms with Gasteiger partial charge in [0.05, 0.1) is 12.4 Å². The van der Waals surface area contributed by atoms with Gasteiger partial charge >= 0.3 is 0 Å². The van der Waals surface area contributed by atoms with Crippen LogP contribution in [0.5, 0.6) is 0 Å². The Labute approximate surface area is 128 Å². The summed E-state index contributed by atoms with van der Waals surface area (Å²) in [6.07, 6.45) is 2.77. The van der Waals surface area contributed by atoms with Crippen LogP contribution in [0.3, 0.4) is 0 Å². The Balaban J connectivity index is 2.04. The van der Waals surface area contributed by atoms with E-state index in [1.54, 1.807) is 6.07 Å². The second-order valence-electron chi connectivity index (χ2n) is 5.17. The highest BCUT2D eigenvalue weighted by Crippen LogP contribution is 2.13. The van der Waals surface area contributed by atoms with E-state index in [0.717, 1.165) is 5.56 Å². The van der Waals surface area contributed by atoms with E-state index in [4.69, 9.17) is 5.73 Å². The highest BCUT2D eigenvalue weighted by atomic mass is 19.1. The molecule has 22 heavy (non-hydrogen) atoms. The number of hydrogen-bond acceptors (Lipinski definition) is 5. The van der Waals surface area contributed by atoms with Gasteiger partial charge in [-0.15, -0.1) is 0 Å². The lowest BCUT2D eigenvalue weighted by atomic mass is 10.1. The number of benzene rings is 1. The molecule has 0 unspecified atom stereocenters. The zero-order valence-corrected chi connectivity index (χ0v) is 12.5. The van der Waals surface area contributed by atoms with Crippen LogP contribution >= 0.6 is 0 Å². The number of carbonyl (C=O) groups is 1. The fraction of sp³-hybridized carbons (Fsp3) is 0.267. The first-order valence-corrected chi connectivity index (χ1v) is 6.73. The van der Waals surface area contributed by atoms with E-state index in [2.05, 4.69) is 15.3 Å². The number of nitrogens with one attached hydrogen (secondary N) is 1. The third-order valence-electron chi connectivity index (χ3n) is 2.96. The third-order valence-corrected chi connectivity index (χ3v) is 2.96. The largest absolute Gasteiger partial charge is 0.365 e. The molecule has 1 aromatic heterocycles. The van der Waals surface area contributed by atoms with E-state index in [1.807, 2.05) is 25.1 Å². The summed E-state index contributed by atoms with van der Waals surface area (Å²) in [6, 6.07) is 5.09. The SMILES string of the molecule is CN(C)Cc1ccc(CNc2cncc(C(N)=O)n2)cc1F. The summed E-state index contributed by atoms with van der Waals surface area (Å²) >= 11 is 0. The molecule has 0 aliphatic rings. The number of halogens is 1. The van der Waals surface area contributed by atoms with E-state index in [1.165, 1.54) is 18.5 Å². The highest BCUT2D eigenvalue weighted by molar-refractivity contribution is 5.90. The maximum absolute atomic E-state index is 14.0. The number of aromatic nitrogens is 2. The van der Waals surface area contributed by atoms with Crippen LogP contribution in [0, 0.1) is 5.82 Å². The lowest BCUT2D eigenvalue weighted by Gasteiger charge is -2.12. The zero-order chi connectivity index (χ0) is 16.1. The number of primary amides is 1. The van der Waals surface area contributed by atoms with Crippen LogP contribution < -0.4 is 11.1 Å². The normalized spacial score (nSPS) is 10.7. The van der Waals surface area contributed by atoms with Crippen LogP contribution in [0.1, 0.15) is 21.6 Å². The quantitative estimate of drug-likeness (QED) is 0.842. The Morgan fingerprint density at radius 3 is 2.77 bits per heavy atom. The topological polar surface area (TPSA) is 84.1 Å². The molecule has 2 rings (SSSR count). The lowest BCUT2D eigenvalue weighted by molar-refractivity contribution is 0.0995. The van der Waals surface area contributed by atoms with Crippen molar-refractivity contribution in [2.75, 3.05) is 19.4 Å². The second kappa shape index (κ2) is 6.95. The van der Waals surface area contributed by atoms with Gasteiger partial charge in [0.2, 0.25) is 0 Å². The Kier molecular flexibility index (Phi) is 5.00. The summed E-state index contributed by atoms with van der Waals surface area (Å²) in [5.74, 6) is -0.478. The van der Waals surface area contributed by atoms with Crippen LogP contribution in [0.2, 0.25) is 0 Å². The Morgan fingerprint density at radius 2 is 2.14 bits per heavy atom. The van der Waals surface area contributed by atoms with Gasteiger partial charge in [-0.3, -0.25) is 9.78 Å². The first-order chi connectivity index (χ1) is 10.5. The molecule has 116 valence electrons. The van der Waals surface area contributed by atoms with Crippen molar-refractivity contribution in [1.82, 2.24) is 14.9 Å². The number of carbonyl (C=O) groups excluding carboxylic acids is 1. The monoisotopic (exact) mass is 303 g/mol. The summed E-state index contributed by atoms with van der Waals surface area (Å²) in [5.41, 5.74) is 6.64. The molecule has 0 bridgehead atoms. The zero-order valence-electron chi connectivity index (χ0n) is 12.5. The highest BCUT2D eigenvalue weighted by Gasteiger charge is 2.06. The molecule has 7 heteroatoms. The summed E-state index contributed by atoms with van der Waals surface area (Å²) in [4.78, 5) is 20.8. The Bertz CT molecular complexity index is 675. The van der Waals surface area contributed by atoms with Crippen LogP contribution in [0.4, 0.5) is 10.2 Å². The summed E-state index contributed by atoms with van der Waals surface area (Å²) in [5, 5.41) is 2.99. The number of rotatable bonds is 6. The number of nitrogens with two attached hydrogens (primary N) is 1. The molecule has 1 heterocycles. The van der Waals surface area contributed by atoms with Gasteiger partial charge in [-0.1, -0.05) is 12.1 Å². The van der Waals surface area contributed by atoms with Crippen molar-refractivity contribution >= 4 is 11.7 Å². The van der Waals surface area contributed by atoms with Gasteiger partial charge in [0.25, 0.3) is 5.91 Å². The summed E-state index contributed by atoms with van der Waals surface area (Å²) < 4.78 is 14.0. The van der Waals surface area contributed by atoms with Crippen molar-refractivity contribution in [3.63, 3.8) is 0 Å². The van der Waals surface area contributed by atoms with Crippen molar-refractivity contribution in [3.8, 4) is 0 Å². The predicted octanol–water partition coefficient (Wildman–Crippen LogP) is 1.39. The molecular weight excluding hydrogens is 285 g/mol. The van der Waals surface area contributed by atoms with Gasteiger partial charge in [-0.25, -0.2) is 9.37 Å². The molecule has 0 fully saturated rings. The first-order valence-electron chi connectivity index (χ1n) is 6.73. The summed E-state index contributed by atoms with van der Waals surface area (Å²) in [7, 11) is 3.78. The predicted molar refractivity (Wildman–Crippen MR) is 81.7 cm³/mol. The van der Waals surface area contributed by atoms with Crippen LogP contribution in [0.15, 0.2) is 30.6 Å². The van der Waals surface area contributed by atoms with Gasteiger partial charge in [0.15, 0.2) is 0 Å². The van der Waals surface area contributed by atoms with Crippen LogP contribution in [-0.2, 0) is 13.1 Å². The Hall–Kier alpha value is -2.54. The van der Waals surface area contributed by atoms with Gasteiger partial charge in [-0.05, 0) is 25.7 Å². The molecule has 0 saturated carbocycles. The average molecular weight is 303 g/mol. The standard InChI is InChI=1S/C15H18FN5O/c1-21(2)9-11-4-3-10(5-12(11)16)6-19-14-8-18-7-13(20-14)15(17)22/h3-5,7-8H,6,9H2,1-2H3,(H2,17,22)(H,19,20). The number of anilines is 1. The maximum Gasteiger partial charge on any atom is 0.268 e. The van der Waals surface area contributed by atoms with Gasteiger partial charge in [0, 0.05) is 18.7 Å². The van der Waals surface area contributed by atoms with Gasteiger partial charge in [-0.2, -0.15) is 0 Å². The van der Waals surface area contributed by atoms with E-state index in [9.17, 15) is 9.18 Å². The van der Waals surface area contributed by atoms with Crippen LogP contribution in [-0.4, -0.2) is 34.9 Å². The number of hydrogen-bond donors (Lipinski definition) is 2. The Morgan fingerprint density at radius 1 is 1.36 bits per heavy atom. The van der Waals surface area contributed by atoms with Gasteiger partial charge < -0.3 is 16.0 Å². The maximum atomic E-state index is 14.0. The van der Waals surface area contributed by atoms with Crippen LogP contribution in [0.25, 0.3) is 0 Å². The molecule has 0 spiro atoms. The molecule has 0 aliphatic heterocycles. The van der Waals surface area contributed by atoms with Crippen molar-refractivity contribution in [2.24, 2.45) is 5.73 Å². The van der Waals surface area contributed by atoms with Crippen molar-refractivity contribution in [1.29, 1.82) is 0 Å². The van der Waals surface area contributed by atoms with E-state index in [0.29, 0.717) is 24.5 Å². The second-order valence-corrected chi connectivity index (χ2v) is 5.17. The molecule has 1 aromatic carbocycles. The average Bonchev–Trinajstić information content (AvgIpc) is 2.47. The van der Waals surface area contributed by atoms with Gasteiger partial charge in [0.1, 0.15) is 17.3 Å². The van der Waals surface area contributed by atoms with Crippen molar-refractivity contribution in [2.45, 2.75) is 13.1 Å². The minimum absolute atomic E-state index is 0.0810. The lowest BCUT2D eigenvalue weighted by Crippen LogP contribution is -2.15. The molecule has 3 N–H and O–H groups in total. The molecule has 0 radical (unpaired) electrons. The minimum Gasteiger partial charge on any atom is -0.365 e. The smallest absolute Gasteiger partial charge is 0.268 e. The molecular formula is C15H18FN5O. The molecule has 0 saturated heterocycles. The molecule has 0 aliphatic carbocycles. The molecule has 1 amide bonds. The fourth-order valence-corrected chi connectivity index (χ4v) is 1.93. The molecule has 0 atom stereocenters. The van der Waals surface area contributed by atoms with E-state index in [-0.39, 0.29) is 11.5 Å². The molecule has 2 aromatic rings. The molecule has 6 nitrogen and oxygen atoms in total. The van der Waals surface area contributed by atoms with Crippen molar-refractivity contribution < 1.29 is 9.18 Å². The third kappa shape index (κ3) is 4.23. The number of nitrogens with zero attached hydrogens (tertiary/aromatic N) is 3.